The lowest BCUT2D eigenvalue weighted by atomic mass is 9.97. The van der Waals surface area contributed by atoms with Crippen LogP contribution in [0, 0.1) is 12.8 Å². The van der Waals surface area contributed by atoms with Gasteiger partial charge in [0.1, 0.15) is 0 Å². The molecule has 1 atom stereocenters. The van der Waals surface area contributed by atoms with Crippen molar-refractivity contribution < 1.29 is 4.79 Å². The SMILES string of the molecule is Cc1nn(-c2ccccn2)c2nc(C3CC3)cc(C(=O)NCC3CCCN(Cc4cccs4)C3)c12. The second-order valence-electron chi connectivity index (χ2n) is 9.79. The number of aryl methyl sites for hydroxylation is 1. The molecule has 0 radical (unpaired) electrons. The summed E-state index contributed by atoms with van der Waals surface area (Å²) >= 11 is 1.82. The predicted octanol–water partition coefficient (Wildman–Crippen LogP) is 4.70. The molecule has 1 aliphatic carbocycles. The largest absolute Gasteiger partial charge is 0.352 e. The second kappa shape index (κ2) is 9.51. The number of likely N-dealkylation sites (tertiary alicyclic amines) is 1. The van der Waals surface area contributed by atoms with E-state index in [1.165, 1.54) is 11.3 Å². The van der Waals surface area contributed by atoms with Gasteiger partial charge in [0.15, 0.2) is 11.5 Å². The lowest BCUT2D eigenvalue weighted by molar-refractivity contribution is 0.0932. The number of nitrogens with one attached hydrogen (secondary N) is 1. The van der Waals surface area contributed by atoms with Crippen LogP contribution in [0.2, 0.25) is 0 Å². The van der Waals surface area contributed by atoms with Gasteiger partial charge in [0, 0.05) is 42.3 Å². The van der Waals surface area contributed by atoms with Crippen molar-refractivity contribution >= 4 is 28.3 Å². The topological polar surface area (TPSA) is 75.9 Å². The number of pyridine rings is 2. The molecule has 4 aromatic rings. The molecule has 1 unspecified atom stereocenters. The summed E-state index contributed by atoms with van der Waals surface area (Å²) in [5, 5.41) is 10.9. The van der Waals surface area contributed by atoms with E-state index in [9.17, 15) is 4.79 Å². The Labute approximate surface area is 209 Å². The fourth-order valence-corrected chi connectivity index (χ4v) is 5.88. The summed E-state index contributed by atoms with van der Waals surface area (Å²) in [6, 6.07) is 12.1. The molecule has 6 rings (SSSR count). The van der Waals surface area contributed by atoms with E-state index in [1.807, 2.05) is 42.5 Å². The van der Waals surface area contributed by atoms with Crippen molar-refractivity contribution in [1.29, 1.82) is 0 Å². The minimum absolute atomic E-state index is 0.0293. The van der Waals surface area contributed by atoms with Crippen LogP contribution in [-0.2, 0) is 6.54 Å². The Balaban J connectivity index is 1.23. The number of rotatable bonds is 7. The molecule has 7 nitrogen and oxygen atoms in total. The summed E-state index contributed by atoms with van der Waals surface area (Å²) in [6.07, 6.45) is 6.32. The molecular formula is C27H30N6OS. The molecule has 5 heterocycles. The highest BCUT2D eigenvalue weighted by atomic mass is 32.1. The Hall–Kier alpha value is -3.10. The first kappa shape index (κ1) is 22.4. The number of nitrogens with zero attached hydrogens (tertiary/aromatic N) is 5. The van der Waals surface area contributed by atoms with Crippen LogP contribution in [0.25, 0.3) is 16.9 Å². The third kappa shape index (κ3) is 4.73. The first-order valence-corrected chi connectivity index (χ1v) is 13.4. The molecule has 0 bridgehead atoms. The summed E-state index contributed by atoms with van der Waals surface area (Å²) in [7, 11) is 0. The average molecular weight is 487 g/mol. The molecule has 1 saturated heterocycles. The van der Waals surface area contributed by atoms with Gasteiger partial charge in [-0.1, -0.05) is 12.1 Å². The van der Waals surface area contributed by atoms with E-state index < -0.39 is 0 Å². The molecule has 2 aliphatic rings. The smallest absolute Gasteiger partial charge is 0.252 e. The van der Waals surface area contributed by atoms with Gasteiger partial charge in [-0.15, -0.1) is 11.3 Å². The predicted molar refractivity (Wildman–Crippen MR) is 138 cm³/mol. The van der Waals surface area contributed by atoms with Crippen LogP contribution < -0.4 is 5.32 Å². The quantitative estimate of drug-likeness (QED) is 0.410. The Morgan fingerprint density at radius 3 is 2.89 bits per heavy atom. The van der Waals surface area contributed by atoms with Crippen LogP contribution >= 0.6 is 11.3 Å². The van der Waals surface area contributed by atoms with E-state index >= 15 is 0 Å². The zero-order chi connectivity index (χ0) is 23.8. The van der Waals surface area contributed by atoms with E-state index in [-0.39, 0.29) is 5.91 Å². The van der Waals surface area contributed by atoms with Gasteiger partial charge >= 0.3 is 0 Å². The van der Waals surface area contributed by atoms with Crippen LogP contribution in [0.4, 0.5) is 0 Å². The van der Waals surface area contributed by atoms with Crippen molar-refractivity contribution in [2.24, 2.45) is 5.92 Å². The van der Waals surface area contributed by atoms with Crippen LogP contribution in [-0.4, -0.2) is 50.2 Å². The Bertz CT molecular complexity index is 1330. The fourth-order valence-electron chi connectivity index (χ4n) is 5.13. The van der Waals surface area contributed by atoms with Gasteiger partial charge in [-0.2, -0.15) is 9.78 Å². The highest BCUT2D eigenvalue weighted by molar-refractivity contribution is 7.09. The molecule has 180 valence electrons. The number of piperidine rings is 1. The molecule has 0 aromatic carbocycles. The Kier molecular flexibility index (Phi) is 6.08. The number of aromatic nitrogens is 4. The molecule has 4 aromatic heterocycles. The third-order valence-electron chi connectivity index (χ3n) is 7.05. The van der Waals surface area contributed by atoms with Crippen LogP contribution in [0.1, 0.15) is 58.2 Å². The first-order valence-electron chi connectivity index (χ1n) is 12.5. The standard InChI is InChI=1S/C27H30N6OS/c1-18-25-22(27(34)29-15-19-6-4-12-32(16-19)17-21-7-5-13-35-21)14-23(20-9-10-20)30-26(25)33(31-18)24-8-2-3-11-28-24/h2-3,5,7-8,11,13-14,19-20H,4,6,9-10,12,15-17H2,1H3,(H,29,34). The molecule has 2 fully saturated rings. The number of carbonyl (C=O) groups excluding carboxylic acids is 1. The van der Waals surface area contributed by atoms with Gasteiger partial charge in [0.25, 0.3) is 5.91 Å². The lowest BCUT2D eigenvalue weighted by Crippen LogP contribution is -2.40. The van der Waals surface area contributed by atoms with E-state index in [0.29, 0.717) is 29.8 Å². The normalized spacial score (nSPS) is 18.7. The summed E-state index contributed by atoms with van der Waals surface area (Å²) in [5.74, 6) is 1.58. The van der Waals surface area contributed by atoms with E-state index in [0.717, 1.165) is 61.3 Å². The molecule has 35 heavy (non-hydrogen) atoms. The van der Waals surface area contributed by atoms with Gasteiger partial charge in [0.2, 0.25) is 0 Å². The summed E-state index contributed by atoms with van der Waals surface area (Å²) in [4.78, 5) is 26.9. The second-order valence-corrected chi connectivity index (χ2v) is 10.8. The van der Waals surface area contributed by atoms with Crippen LogP contribution in [0.5, 0.6) is 0 Å². The number of hydrogen-bond acceptors (Lipinski definition) is 6. The van der Waals surface area contributed by atoms with Crippen LogP contribution in [0.3, 0.4) is 0 Å². The Morgan fingerprint density at radius 2 is 2.11 bits per heavy atom. The summed E-state index contributed by atoms with van der Waals surface area (Å²) < 4.78 is 1.77. The minimum atomic E-state index is -0.0293. The zero-order valence-corrected chi connectivity index (χ0v) is 20.8. The van der Waals surface area contributed by atoms with Gasteiger partial charge in [-0.05, 0) is 74.7 Å². The first-order chi connectivity index (χ1) is 17.2. The lowest BCUT2D eigenvalue weighted by Gasteiger charge is -2.32. The van der Waals surface area contributed by atoms with Gasteiger partial charge in [-0.25, -0.2) is 9.97 Å². The third-order valence-corrected chi connectivity index (χ3v) is 7.91. The number of carbonyl (C=O) groups is 1. The Morgan fingerprint density at radius 1 is 1.20 bits per heavy atom. The maximum Gasteiger partial charge on any atom is 0.252 e. The van der Waals surface area contributed by atoms with Gasteiger partial charge < -0.3 is 5.32 Å². The average Bonchev–Trinajstić information content (AvgIpc) is 3.52. The highest BCUT2D eigenvalue weighted by Crippen LogP contribution is 2.40. The van der Waals surface area contributed by atoms with Crippen molar-refractivity contribution in [1.82, 2.24) is 30.0 Å². The molecule has 1 amide bonds. The molecule has 1 aliphatic heterocycles. The number of fused-ring (bicyclic) bond motifs is 1. The summed E-state index contributed by atoms with van der Waals surface area (Å²) in [6.45, 7) is 5.79. The number of thiophene rings is 1. The molecule has 1 saturated carbocycles. The van der Waals surface area contributed by atoms with Crippen molar-refractivity contribution in [3.05, 3.63) is 69.8 Å². The van der Waals surface area contributed by atoms with E-state index in [1.54, 1.807) is 10.9 Å². The van der Waals surface area contributed by atoms with Crippen molar-refractivity contribution in [3.63, 3.8) is 0 Å². The van der Waals surface area contributed by atoms with E-state index in [4.69, 9.17) is 10.1 Å². The fraction of sp³-hybridized carbons (Fsp3) is 0.407. The molecule has 8 heteroatoms. The number of amides is 1. The maximum absolute atomic E-state index is 13.5. The van der Waals surface area contributed by atoms with Gasteiger partial charge in [0.05, 0.1) is 16.6 Å². The maximum atomic E-state index is 13.5. The molecular weight excluding hydrogens is 456 g/mol. The monoisotopic (exact) mass is 486 g/mol. The van der Waals surface area contributed by atoms with Gasteiger partial charge in [-0.3, -0.25) is 9.69 Å². The molecule has 0 spiro atoms. The highest BCUT2D eigenvalue weighted by Gasteiger charge is 2.29. The number of hydrogen-bond donors (Lipinski definition) is 1. The van der Waals surface area contributed by atoms with Crippen molar-refractivity contribution in [3.8, 4) is 5.82 Å². The van der Waals surface area contributed by atoms with Crippen LogP contribution in [0.15, 0.2) is 48.0 Å². The van der Waals surface area contributed by atoms with E-state index in [2.05, 4.69) is 32.7 Å². The zero-order valence-electron chi connectivity index (χ0n) is 20.0. The summed E-state index contributed by atoms with van der Waals surface area (Å²) in [5.41, 5.74) is 3.18. The molecule has 1 N–H and O–H groups in total. The van der Waals surface area contributed by atoms with Crippen molar-refractivity contribution in [2.45, 2.75) is 45.1 Å². The minimum Gasteiger partial charge on any atom is -0.352 e. The van der Waals surface area contributed by atoms with Crippen molar-refractivity contribution in [2.75, 3.05) is 19.6 Å².